The van der Waals surface area contributed by atoms with Crippen molar-refractivity contribution in [3.8, 4) is 0 Å². The summed E-state index contributed by atoms with van der Waals surface area (Å²) in [5, 5.41) is 2.94. The maximum Gasteiger partial charge on any atom is 0.213 e. The Bertz CT molecular complexity index is 414. The van der Waals surface area contributed by atoms with Gasteiger partial charge >= 0.3 is 0 Å². The van der Waals surface area contributed by atoms with Gasteiger partial charge in [0.1, 0.15) is 0 Å². The van der Waals surface area contributed by atoms with Crippen LogP contribution in [0.5, 0.6) is 0 Å². The zero-order valence-corrected chi connectivity index (χ0v) is 11.0. The number of nitrogens with zero attached hydrogens (tertiary/aromatic N) is 1. The number of ether oxygens (including phenoxy) is 1. The van der Waals surface area contributed by atoms with Crippen LogP contribution in [0.3, 0.4) is 0 Å². The molecule has 1 N–H and O–H groups in total. The van der Waals surface area contributed by atoms with Gasteiger partial charge in [0.05, 0.1) is 23.1 Å². The third-order valence-corrected chi connectivity index (χ3v) is 4.10. The summed E-state index contributed by atoms with van der Waals surface area (Å²) in [5.41, 5.74) is 0.928. The molecule has 16 heavy (non-hydrogen) atoms. The van der Waals surface area contributed by atoms with Gasteiger partial charge in [0.2, 0.25) is 10.0 Å². The molecular weight excluding hydrogens is 248 g/mol. The van der Waals surface area contributed by atoms with Crippen molar-refractivity contribution in [3.05, 3.63) is 16.1 Å². The van der Waals surface area contributed by atoms with Gasteiger partial charge in [-0.3, -0.25) is 0 Å². The minimum Gasteiger partial charge on any atom is -0.384 e. The normalized spacial score (nSPS) is 11.9. The second-order valence-corrected chi connectivity index (χ2v) is 6.30. The van der Waals surface area contributed by atoms with E-state index in [-0.39, 0.29) is 12.4 Å². The highest BCUT2D eigenvalue weighted by Gasteiger charge is 2.09. The van der Waals surface area contributed by atoms with Crippen LogP contribution in [0.25, 0.3) is 0 Å². The van der Waals surface area contributed by atoms with E-state index >= 15 is 0 Å². The Morgan fingerprint density at radius 2 is 2.31 bits per heavy atom. The lowest BCUT2D eigenvalue weighted by molar-refractivity contribution is 0.217. The van der Waals surface area contributed by atoms with Crippen LogP contribution in [0.2, 0.25) is 0 Å². The number of aryl methyl sites for hydroxylation is 1. The van der Waals surface area contributed by atoms with E-state index in [1.54, 1.807) is 11.3 Å². The third-order valence-electron chi connectivity index (χ3n) is 1.93. The monoisotopic (exact) mass is 264 g/mol. The SMILES string of the molecule is COCCS(=O)(=O)NCCc1csc(C)n1. The quantitative estimate of drug-likeness (QED) is 0.781. The Morgan fingerprint density at radius 1 is 1.56 bits per heavy atom. The molecule has 0 saturated heterocycles. The Morgan fingerprint density at radius 3 is 2.88 bits per heavy atom. The zero-order valence-electron chi connectivity index (χ0n) is 9.39. The van der Waals surface area contributed by atoms with E-state index in [1.807, 2.05) is 12.3 Å². The summed E-state index contributed by atoms with van der Waals surface area (Å²) in [5.74, 6) is -0.000404. The Kier molecular flexibility index (Phi) is 5.33. The lowest BCUT2D eigenvalue weighted by Gasteiger charge is -2.04. The van der Waals surface area contributed by atoms with Gasteiger partial charge < -0.3 is 4.74 Å². The van der Waals surface area contributed by atoms with Crippen molar-refractivity contribution < 1.29 is 13.2 Å². The topological polar surface area (TPSA) is 68.3 Å². The summed E-state index contributed by atoms with van der Waals surface area (Å²) >= 11 is 1.57. The highest BCUT2D eigenvalue weighted by atomic mass is 32.2. The molecule has 0 aliphatic heterocycles. The van der Waals surface area contributed by atoms with E-state index in [2.05, 4.69) is 9.71 Å². The predicted octanol–water partition coefficient (Wildman–Crippen LogP) is 0.560. The van der Waals surface area contributed by atoms with Gasteiger partial charge in [0.15, 0.2) is 0 Å². The molecule has 1 rings (SSSR count). The molecule has 0 spiro atoms. The standard InChI is InChI=1S/C9H16N2O3S2/c1-8-11-9(7-15-8)3-4-10-16(12,13)6-5-14-2/h7,10H,3-6H2,1-2H3. The second-order valence-electron chi connectivity index (χ2n) is 3.31. The van der Waals surface area contributed by atoms with Gasteiger partial charge in [-0.05, 0) is 6.92 Å². The average Bonchev–Trinajstić information content (AvgIpc) is 2.61. The summed E-state index contributed by atoms with van der Waals surface area (Å²) in [6, 6.07) is 0. The van der Waals surface area contributed by atoms with Crippen molar-refractivity contribution >= 4 is 21.4 Å². The fourth-order valence-corrected chi connectivity index (χ4v) is 2.71. The van der Waals surface area contributed by atoms with Gasteiger partial charge in [-0.2, -0.15) is 0 Å². The molecular formula is C9H16N2O3S2. The van der Waals surface area contributed by atoms with Crippen molar-refractivity contribution in [2.45, 2.75) is 13.3 Å². The molecule has 1 aromatic rings. The molecule has 7 heteroatoms. The molecule has 0 atom stereocenters. The first kappa shape index (κ1) is 13.6. The number of sulfonamides is 1. The maximum atomic E-state index is 11.4. The molecule has 0 amide bonds. The van der Waals surface area contributed by atoms with Crippen LogP contribution >= 0.6 is 11.3 Å². The van der Waals surface area contributed by atoms with E-state index in [0.29, 0.717) is 13.0 Å². The molecule has 5 nitrogen and oxygen atoms in total. The number of methoxy groups -OCH3 is 1. The molecule has 0 unspecified atom stereocenters. The van der Waals surface area contributed by atoms with E-state index < -0.39 is 10.0 Å². The van der Waals surface area contributed by atoms with Gasteiger partial charge in [-0.15, -0.1) is 11.3 Å². The maximum absolute atomic E-state index is 11.4. The molecule has 1 aromatic heterocycles. The summed E-state index contributed by atoms with van der Waals surface area (Å²) in [4.78, 5) is 4.25. The first-order chi connectivity index (χ1) is 7.53. The highest BCUT2D eigenvalue weighted by molar-refractivity contribution is 7.89. The van der Waals surface area contributed by atoms with E-state index in [0.717, 1.165) is 10.7 Å². The zero-order chi connectivity index (χ0) is 12.0. The van der Waals surface area contributed by atoms with Crippen LogP contribution in [-0.4, -0.2) is 39.4 Å². The van der Waals surface area contributed by atoms with Crippen LogP contribution in [0.15, 0.2) is 5.38 Å². The van der Waals surface area contributed by atoms with Gasteiger partial charge in [0, 0.05) is 25.5 Å². The molecule has 0 aromatic carbocycles. The molecule has 0 radical (unpaired) electrons. The van der Waals surface area contributed by atoms with Crippen LogP contribution in [-0.2, 0) is 21.2 Å². The summed E-state index contributed by atoms with van der Waals surface area (Å²) in [6.45, 7) is 2.53. The van der Waals surface area contributed by atoms with Gasteiger partial charge in [0.25, 0.3) is 0 Å². The number of nitrogens with one attached hydrogen (secondary N) is 1. The average molecular weight is 264 g/mol. The Hall–Kier alpha value is -0.500. The first-order valence-electron chi connectivity index (χ1n) is 4.91. The van der Waals surface area contributed by atoms with Crippen LogP contribution in [0.4, 0.5) is 0 Å². The molecule has 1 heterocycles. The minimum atomic E-state index is -3.21. The van der Waals surface area contributed by atoms with Crippen molar-refractivity contribution in [2.24, 2.45) is 0 Å². The van der Waals surface area contributed by atoms with Crippen molar-refractivity contribution in [3.63, 3.8) is 0 Å². The van der Waals surface area contributed by atoms with Crippen LogP contribution in [0.1, 0.15) is 10.7 Å². The lowest BCUT2D eigenvalue weighted by atomic mass is 10.3. The number of thiazole rings is 1. The van der Waals surface area contributed by atoms with Crippen molar-refractivity contribution in [1.82, 2.24) is 9.71 Å². The molecule has 0 saturated carbocycles. The number of aromatic nitrogens is 1. The van der Waals surface area contributed by atoms with E-state index in [9.17, 15) is 8.42 Å². The van der Waals surface area contributed by atoms with Gasteiger partial charge in [-0.1, -0.05) is 0 Å². The van der Waals surface area contributed by atoms with Crippen LogP contribution < -0.4 is 4.72 Å². The summed E-state index contributed by atoms with van der Waals surface area (Å²) in [6.07, 6.45) is 0.622. The van der Waals surface area contributed by atoms with E-state index in [1.165, 1.54) is 7.11 Å². The van der Waals surface area contributed by atoms with Crippen LogP contribution in [0, 0.1) is 6.92 Å². The number of hydrogen-bond acceptors (Lipinski definition) is 5. The fourth-order valence-electron chi connectivity index (χ4n) is 1.12. The molecule has 92 valence electrons. The molecule has 0 aliphatic carbocycles. The largest absolute Gasteiger partial charge is 0.384 e. The molecule has 0 fully saturated rings. The van der Waals surface area contributed by atoms with Gasteiger partial charge in [-0.25, -0.2) is 18.1 Å². The lowest BCUT2D eigenvalue weighted by Crippen LogP contribution is -2.30. The first-order valence-corrected chi connectivity index (χ1v) is 7.44. The smallest absolute Gasteiger partial charge is 0.213 e. The summed E-state index contributed by atoms with van der Waals surface area (Å²) < 4.78 is 30.0. The number of hydrogen-bond donors (Lipinski definition) is 1. The van der Waals surface area contributed by atoms with Crippen molar-refractivity contribution in [1.29, 1.82) is 0 Å². The second kappa shape index (κ2) is 6.29. The summed E-state index contributed by atoms with van der Waals surface area (Å²) in [7, 11) is -1.73. The van der Waals surface area contributed by atoms with Crippen molar-refractivity contribution in [2.75, 3.05) is 26.0 Å². The van der Waals surface area contributed by atoms with E-state index in [4.69, 9.17) is 4.74 Å². The Labute approximate surface area is 99.9 Å². The highest BCUT2D eigenvalue weighted by Crippen LogP contribution is 2.07. The minimum absolute atomic E-state index is 0.000404. The molecule has 0 aliphatic rings. The fraction of sp³-hybridized carbons (Fsp3) is 0.667. The third kappa shape index (κ3) is 5.02. The predicted molar refractivity (Wildman–Crippen MR) is 64.2 cm³/mol. The molecule has 0 bridgehead atoms. The Balaban J connectivity index is 2.29. The number of rotatable bonds is 7.